The molecule has 1 N–H and O–H groups in total. The SMILES string of the molecule is Cc1nccnc1C(C)Nc1ccc(C#N)cc1F. The lowest BCUT2D eigenvalue weighted by Crippen LogP contribution is -2.12. The molecular formula is C14H13FN4. The van der Waals surface area contributed by atoms with E-state index in [0.717, 1.165) is 11.4 Å². The summed E-state index contributed by atoms with van der Waals surface area (Å²) in [5.74, 6) is -0.451. The fraction of sp³-hybridized carbons (Fsp3) is 0.214. The average molecular weight is 256 g/mol. The summed E-state index contributed by atoms with van der Waals surface area (Å²) in [5, 5.41) is 11.7. The summed E-state index contributed by atoms with van der Waals surface area (Å²) in [6, 6.07) is 6.06. The summed E-state index contributed by atoms with van der Waals surface area (Å²) < 4.78 is 13.8. The highest BCUT2D eigenvalue weighted by molar-refractivity contribution is 5.50. The van der Waals surface area contributed by atoms with Crippen LogP contribution in [0.4, 0.5) is 10.1 Å². The number of nitrogens with one attached hydrogen (secondary N) is 1. The largest absolute Gasteiger partial charge is 0.375 e. The molecular weight excluding hydrogens is 243 g/mol. The highest BCUT2D eigenvalue weighted by Crippen LogP contribution is 2.22. The number of nitrogens with zero attached hydrogens (tertiary/aromatic N) is 3. The number of hydrogen-bond acceptors (Lipinski definition) is 4. The number of hydrogen-bond donors (Lipinski definition) is 1. The van der Waals surface area contributed by atoms with Crippen LogP contribution in [0.2, 0.25) is 0 Å². The van der Waals surface area contributed by atoms with E-state index in [2.05, 4.69) is 15.3 Å². The van der Waals surface area contributed by atoms with Gasteiger partial charge >= 0.3 is 0 Å². The molecule has 0 saturated heterocycles. The Balaban J connectivity index is 2.22. The molecule has 0 aliphatic heterocycles. The third-order valence-corrected chi connectivity index (χ3v) is 2.80. The van der Waals surface area contributed by atoms with Gasteiger partial charge in [0.25, 0.3) is 0 Å². The summed E-state index contributed by atoms with van der Waals surface area (Å²) in [6.07, 6.45) is 3.23. The summed E-state index contributed by atoms with van der Waals surface area (Å²) >= 11 is 0. The third kappa shape index (κ3) is 2.86. The minimum atomic E-state index is -0.451. The number of rotatable bonds is 3. The van der Waals surface area contributed by atoms with E-state index in [-0.39, 0.29) is 6.04 Å². The molecule has 0 aliphatic carbocycles. The molecule has 0 saturated carbocycles. The van der Waals surface area contributed by atoms with E-state index in [4.69, 9.17) is 5.26 Å². The topological polar surface area (TPSA) is 61.6 Å². The van der Waals surface area contributed by atoms with E-state index in [1.165, 1.54) is 6.07 Å². The molecule has 0 radical (unpaired) electrons. The third-order valence-electron chi connectivity index (χ3n) is 2.80. The second kappa shape index (κ2) is 5.44. The van der Waals surface area contributed by atoms with Crippen molar-refractivity contribution in [3.8, 4) is 6.07 Å². The minimum absolute atomic E-state index is 0.170. The van der Waals surface area contributed by atoms with Crippen molar-refractivity contribution in [2.45, 2.75) is 19.9 Å². The normalized spacial score (nSPS) is 11.7. The van der Waals surface area contributed by atoms with E-state index in [0.29, 0.717) is 11.3 Å². The Kier molecular flexibility index (Phi) is 3.71. The number of halogens is 1. The van der Waals surface area contributed by atoms with Gasteiger partial charge < -0.3 is 5.32 Å². The molecule has 0 aliphatic rings. The lowest BCUT2D eigenvalue weighted by molar-refractivity contribution is 0.626. The van der Waals surface area contributed by atoms with E-state index >= 15 is 0 Å². The maximum absolute atomic E-state index is 13.8. The first kappa shape index (κ1) is 13.0. The van der Waals surface area contributed by atoms with Crippen LogP contribution in [0.1, 0.15) is 29.9 Å². The van der Waals surface area contributed by atoms with Crippen LogP contribution in [0.15, 0.2) is 30.6 Å². The van der Waals surface area contributed by atoms with Gasteiger partial charge in [0.2, 0.25) is 0 Å². The van der Waals surface area contributed by atoms with Crippen LogP contribution >= 0.6 is 0 Å². The van der Waals surface area contributed by atoms with Gasteiger partial charge in [-0.15, -0.1) is 0 Å². The zero-order chi connectivity index (χ0) is 13.8. The van der Waals surface area contributed by atoms with Crippen LogP contribution < -0.4 is 5.32 Å². The van der Waals surface area contributed by atoms with Gasteiger partial charge in [0, 0.05) is 12.4 Å². The second-order valence-electron chi connectivity index (χ2n) is 4.20. The van der Waals surface area contributed by atoms with E-state index in [1.807, 2.05) is 19.9 Å². The summed E-state index contributed by atoms with van der Waals surface area (Å²) in [4.78, 5) is 8.39. The molecule has 0 fully saturated rings. The quantitative estimate of drug-likeness (QED) is 0.917. The van der Waals surface area contributed by atoms with Crippen LogP contribution in [0.5, 0.6) is 0 Å². The molecule has 1 unspecified atom stereocenters. The molecule has 1 aromatic heterocycles. The Bertz CT molecular complexity index is 634. The number of aromatic nitrogens is 2. The van der Waals surface area contributed by atoms with Crippen LogP contribution in [0.25, 0.3) is 0 Å². The maximum atomic E-state index is 13.8. The second-order valence-corrected chi connectivity index (χ2v) is 4.20. The van der Waals surface area contributed by atoms with Gasteiger partial charge in [0.15, 0.2) is 0 Å². The Morgan fingerprint density at radius 2 is 2.05 bits per heavy atom. The van der Waals surface area contributed by atoms with Crippen LogP contribution in [0, 0.1) is 24.1 Å². The Labute approximate surface area is 110 Å². The monoisotopic (exact) mass is 256 g/mol. The Hall–Kier alpha value is -2.48. The highest BCUT2D eigenvalue weighted by atomic mass is 19.1. The van der Waals surface area contributed by atoms with E-state index in [9.17, 15) is 4.39 Å². The van der Waals surface area contributed by atoms with Crippen molar-refractivity contribution in [1.29, 1.82) is 5.26 Å². The first-order valence-electron chi connectivity index (χ1n) is 5.85. The smallest absolute Gasteiger partial charge is 0.147 e. The van der Waals surface area contributed by atoms with E-state index in [1.54, 1.807) is 24.5 Å². The zero-order valence-corrected chi connectivity index (χ0v) is 10.7. The van der Waals surface area contributed by atoms with Crippen LogP contribution in [-0.4, -0.2) is 9.97 Å². The molecule has 2 aromatic rings. The fourth-order valence-electron chi connectivity index (χ4n) is 1.85. The van der Waals surface area contributed by atoms with Crippen molar-refractivity contribution in [3.05, 3.63) is 53.4 Å². The number of nitriles is 1. The van der Waals surface area contributed by atoms with Crippen molar-refractivity contribution in [1.82, 2.24) is 9.97 Å². The molecule has 96 valence electrons. The van der Waals surface area contributed by atoms with Crippen LogP contribution in [-0.2, 0) is 0 Å². The van der Waals surface area contributed by atoms with Gasteiger partial charge in [-0.2, -0.15) is 5.26 Å². The number of anilines is 1. The summed E-state index contributed by atoms with van der Waals surface area (Å²) in [5.41, 5.74) is 2.21. The molecule has 19 heavy (non-hydrogen) atoms. The maximum Gasteiger partial charge on any atom is 0.147 e. The van der Waals surface area contributed by atoms with Gasteiger partial charge in [-0.1, -0.05) is 0 Å². The molecule has 2 rings (SSSR count). The van der Waals surface area contributed by atoms with Gasteiger partial charge in [-0.05, 0) is 32.0 Å². The first-order chi connectivity index (χ1) is 9.11. The lowest BCUT2D eigenvalue weighted by atomic mass is 10.1. The predicted octanol–water partition coefficient (Wildman–Crippen LogP) is 2.97. The molecule has 1 aromatic carbocycles. The average Bonchev–Trinajstić information content (AvgIpc) is 2.41. The number of aryl methyl sites for hydroxylation is 1. The van der Waals surface area contributed by atoms with Crippen LogP contribution in [0.3, 0.4) is 0 Å². The summed E-state index contributed by atoms with van der Waals surface area (Å²) in [6.45, 7) is 3.74. The molecule has 0 amide bonds. The van der Waals surface area contributed by atoms with Gasteiger partial charge in [0.05, 0.1) is 34.7 Å². The Morgan fingerprint density at radius 1 is 1.32 bits per heavy atom. The molecule has 1 atom stereocenters. The van der Waals surface area contributed by atoms with E-state index < -0.39 is 5.82 Å². The van der Waals surface area contributed by atoms with Crippen molar-refractivity contribution in [2.24, 2.45) is 0 Å². The first-order valence-corrected chi connectivity index (χ1v) is 5.85. The fourth-order valence-corrected chi connectivity index (χ4v) is 1.85. The Morgan fingerprint density at radius 3 is 2.68 bits per heavy atom. The van der Waals surface area contributed by atoms with Crippen molar-refractivity contribution in [2.75, 3.05) is 5.32 Å². The highest BCUT2D eigenvalue weighted by Gasteiger charge is 2.12. The van der Waals surface area contributed by atoms with Gasteiger partial charge in [-0.25, -0.2) is 4.39 Å². The molecule has 4 nitrogen and oxygen atoms in total. The number of benzene rings is 1. The molecule has 5 heteroatoms. The minimum Gasteiger partial charge on any atom is -0.375 e. The molecule has 1 heterocycles. The van der Waals surface area contributed by atoms with Crippen molar-refractivity contribution in [3.63, 3.8) is 0 Å². The van der Waals surface area contributed by atoms with Gasteiger partial charge in [0.1, 0.15) is 5.82 Å². The lowest BCUT2D eigenvalue weighted by Gasteiger charge is -2.16. The van der Waals surface area contributed by atoms with Crippen molar-refractivity contribution >= 4 is 5.69 Å². The summed E-state index contributed by atoms with van der Waals surface area (Å²) in [7, 11) is 0. The molecule has 0 spiro atoms. The standard InChI is InChI=1S/C14H13FN4/c1-9-14(18-6-5-17-9)10(2)19-13-4-3-11(8-16)7-12(13)15/h3-7,10,19H,1-2H3. The zero-order valence-electron chi connectivity index (χ0n) is 10.7. The molecule has 0 bridgehead atoms. The van der Waals surface area contributed by atoms with Gasteiger partial charge in [-0.3, -0.25) is 9.97 Å². The van der Waals surface area contributed by atoms with Crippen molar-refractivity contribution < 1.29 is 4.39 Å². The predicted molar refractivity (Wildman–Crippen MR) is 69.9 cm³/mol.